The summed E-state index contributed by atoms with van der Waals surface area (Å²) in [5.41, 5.74) is 0.781. The Labute approximate surface area is 159 Å². The maximum Gasteiger partial charge on any atom is 0.276 e. The van der Waals surface area contributed by atoms with E-state index in [9.17, 15) is 4.79 Å². The molecule has 1 aliphatic rings. The van der Waals surface area contributed by atoms with Gasteiger partial charge in [-0.05, 0) is 49.9 Å². The molecular formula is C20H26N4O3. The van der Waals surface area contributed by atoms with E-state index in [4.69, 9.17) is 9.47 Å². The van der Waals surface area contributed by atoms with Crippen LogP contribution in [0, 0.1) is 0 Å². The van der Waals surface area contributed by atoms with Gasteiger partial charge >= 0.3 is 0 Å². The van der Waals surface area contributed by atoms with Crippen molar-refractivity contribution in [2.45, 2.75) is 38.6 Å². The molecule has 1 aromatic heterocycles. The molecule has 0 saturated carbocycles. The number of piperidine rings is 1. The number of rotatable bonds is 6. The van der Waals surface area contributed by atoms with E-state index in [1.807, 2.05) is 6.07 Å². The summed E-state index contributed by atoms with van der Waals surface area (Å²) in [6.07, 6.45) is 4.68. The van der Waals surface area contributed by atoms with Gasteiger partial charge in [0.2, 0.25) is 0 Å². The van der Waals surface area contributed by atoms with Gasteiger partial charge in [-0.15, -0.1) is 10.2 Å². The van der Waals surface area contributed by atoms with Crippen LogP contribution in [-0.2, 0) is 0 Å². The van der Waals surface area contributed by atoms with Gasteiger partial charge in [0.05, 0.1) is 19.9 Å². The van der Waals surface area contributed by atoms with E-state index in [-0.39, 0.29) is 11.6 Å². The smallest absolute Gasteiger partial charge is 0.276 e. The van der Waals surface area contributed by atoms with E-state index in [0.29, 0.717) is 23.2 Å². The second-order valence-electron chi connectivity index (χ2n) is 6.55. The van der Waals surface area contributed by atoms with Gasteiger partial charge in [-0.3, -0.25) is 4.79 Å². The van der Waals surface area contributed by atoms with E-state index in [1.54, 1.807) is 38.5 Å². The molecule has 1 unspecified atom stereocenters. The normalized spacial score (nSPS) is 16.7. The number of hydrogen-bond donors (Lipinski definition) is 1. The molecule has 1 fully saturated rings. The summed E-state index contributed by atoms with van der Waals surface area (Å²) in [6.45, 7) is 3.18. The van der Waals surface area contributed by atoms with Crippen molar-refractivity contribution in [2.24, 2.45) is 0 Å². The first-order valence-electron chi connectivity index (χ1n) is 9.30. The Morgan fingerprint density at radius 1 is 1.19 bits per heavy atom. The molecule has 2 aromatic rings. The van der Waals surface area contributed by atoms with Gasteiger partial charge in [0.25, 0.3) is 5.91 Å². The highest BCUT2D eigenvalue weighted by atomic mass is 16.5. The number of hydrogen-bond acceptors (Lipinski definition) is 6. The van der Waals surface area contributed by atoms with Crippen LogP contribution in [0.5, 0.6) is 11.5 Å². The third-order valence-electron chi connectivity index (χ3n) is 4.93. The molecule has 0 radical (unpaired) electrons. The second kappa shape index (κ2) is 8.70. The molecule has 27 heavy (non-hydrogen) atoms. The van der Waals surface area contributed by atoms with E-state index in [1.165, 1.54) is 12.8 Å². The summed E-state index contributed by atoms with van der Waals surface area (Å²) in [4.78, 5) is 14.9. The van der Waals surface area contributed by atoms with Gasteiger partial charge in [-0.2, -0.15) is 0 Å². The Kier molecular flexibility index (Phi) is 6.11. The Bertz CT molecular complexity index is 779. The summed E-state index contributed by atoms with van der Waals surface area (Å²) in [7, 11) is 3.12. The minimum absolute atomic E-state index is 0.258. The molecule has 7 heteroatoms. The van der Waals surface area contributed by atoms with E-state index >= 15 is 0 Å². The molecule has 7 nitrogen and oxygen atoms in total. The highest BCUT2D eigenvalue weighted by Gasteiger charge is 2.22. The molecule has 1 atom stereocenters. The zero-order chi connectivity index (χ0) is 19.2. The fourth-order valence-corrected chi connectivity index (χ4v) is 3.42. The standard InChI is InChI=1S/C20H26N4O3/c1-4-14-7-5-6-12-24(14)19-11-9-16(22-23-19)20(25)21-17-13-15(26-2)8-10-18(17)27-3/h8-11,13-14H,4-7,12H2,1-3H3,(H,21,25). The summed E-state index contributed by atoms with van der Waals surface area (Å²) in [5.74, 6) is 1.67. The van der Waals surface area contributed by atoms with Gasteiger partial charge < -0.3 is 19.7 Å². The highest BCUT2D eigenvalue weighted by Crippen LogP contribution is 2.29. The number of benzene rings is 1. The minimum atomic E-state index is -0.341. The molecule has 144 valence electrons. The van der Waals surface area contributed by atoms with Crippen LogP contribution >= 0.6 is 0 Å². The molecule has 1 amide bonds. The number of carbonyl (C=O) groups is 1. The first-order valence-corrected chi connectivity index (χ1v) is 9.30. The van der Waals surface area contributed by atoms with Crippen LogP contribution in [0.15, 0.2) is 30.3 Å². The summed E-state index contributed by atoms with van der Waals surface area (Å²) in [5, 5.41) is 11.3. The Hall–Kier alpha value is -2.83. The van der Waals surface area contributed by atoms with Gasteiger partial charge in [0.15, 0.2) is 11.5 Å². The van der Waals surface area contributed by atoms with Crippen LogP contribution in [0.25, 0.3) is 0 Å². The summed E-state index contributed by atoms with van der Waals surface area (Å²) >= 11 is 0. The van der Waals surface area contributed by atoms with Gasteiger partial charge in [-0.25, -0.2) is 0 Å². The number of nitrogens with one attached hydrogen (secondary N) is 1. The average molecular weight is 370 g/mol. The van der Waals surface area contributed by atoms with Crippen LogP contribution in [-0.4, -0.2) is 42.9 Å². The number of nitrogens with zero attached hydrogens (tertiary/aromatic N) is 3. The zero-order valence-electron chi connectivity index (χ0n) is 16.1. The number of methoxy groups -OCH3 is 2. The summed E-state index contributed by atoms with van der Waals surface area (Å²) in [6, 6.07) is 9.30. The van der Waals surface area contributed by atoms with Crippen LogP contribution in [0.1, 0.15) is 43.1 Å². The molecule has 1 aliphatic heterocycles. The van der Waals surface area contributed by atoms with Crippen molar-refractivity contribution in [1.29, 1.82) is 0 Å². The van der Waals surface area contributed by atoms with Crippen molar-refractivity contribution in [1.82, 2.24) is 10.2 Å². The first kappa shape index (κ1) is 18.9. The highest BCUT2D eigenvalue weighted by molar-refractivity contribution is 6.03. The number of ether oxygens (including phenoxy) is 2. The van der Waals surface area contributed by atoms with Crippen molar-refractivity contribution in [3.63, 3.8) is 0 Å². The maximum absolute atomic E-state index is 12.6. The maximum atomic E-state index is 12.6. The van der Waals surface area contributed by atoms with Gasteiger partial charge in [0, 0.05) is 18.7 Å². The Morgan fingerprint density at radius 3 is 2.70 bits per heavy atom. The van der Waals surface area contributed by atoms with E-state index in [2.05, 4.69) is 27.3 Å². The van der Waals surface area contributed by atoms with Crippen molar-refractivity contribution < 1.29 is 14.3 Å². The average Bonchev–Trinajstić information content (AvgIpc) is 2.73. The lowest BCUT2D eigenvalue weighted by atomic mass is 10.0. The van der Waals surface area contributed by atoms with E-state index in [0.717, 1.165) is 25.2 Å². The lowest BCUT2D eigenvalue weighted by Crippen LogP contribution is -2.39. The molecule has 3 rings (SSSR count). The van der Waals surface area contributed by atoms with Crippen LogP contribution in [0.2, 0.25) is 0 Å². The molecule has 1 aromatic carbocycles. The van der Waals surface area contributed by atoms with Crippen molar-refractivity contribution >= 4 is 17.4 Å². The SMILES string of the molecule is CCC1CCCCN1c1ccc(C(=O)Nc2cc(OC)ccc2OC)nn1. The van der Waals surface area contributed by atoms with Crippen molar-refractivity contribution in [3.05, 3.63) is 36.0 Å². The fraction of sp³-hybridized carbons (Fsp3) is 0.450. The lowest BCUT2D eigenvalue weighted by Gasteiger charge is -2.35. The molecule has 0 aliphatic carbocycles. The fourth-order valence-electron chi connectivity index (χ4n) is 3.42. The number of aromatic nitrogens is 2. The minimum Gasteiger partial charge on any atom is -0.497 e. The number of carbonyl (C=O) groups excluding carboxylic acids is 1. The van der Waals surface area contributed by atoms with Crippen LogP contribution < -0.4 is 19.7 Å². The Morgan fingerprint density at radius 2 is 2.04 bits per heavy atom. The van der Waals surface area contributed by atoms with Crippen LogP contribution in [0.4, 0.5) is 11.5 Å². The van der Waals surface area contributed by atoms with Crippen molar-refractivity contribution in [3.8, 4) is 11.5 Å². The van der Waals surface area contributed by atoms with E-state index < -0.39 is 0 Å². The lowest BCUT2D eigenvalue weighted by molar-refractivity contribution is 0.102. The largest absolute Gasteiger partial charge is 0.497 e. The topological polar surface area (TPSA) is 76.6 Å². The predicted octanol–water partition coefficient (Wildman–Crippen LogP) is 3.52. The third kappa shape index (κ3) is 4.30. The summed E-state index contributed by atoms with van der Waals surface area (Å²) < 4.78 is 10.5. The molecule has 2 heterocycles. The number of amides is 1. The Balaban J connectivity index is 1.74. The zero-order valence-corrected chi connectivity index (χ0v) is 16.1. The molecule has 0 bridgehead atoms. The molecular weight excluding hydrogens is 344 g/mol. The molecule has 0 spiro atoms. The third-order valence-corrected chi connectivity index (χ3v) is 4.93. The first-order chi connectivity index (χ1) is 13.2. The van der Waals surface area contributed by atoms with Gasteiger partial charge in [0.1, 0.15) is 11.5 Å². The molecule has 1 saturated heterocycles. The van der Waals surface area contributed by atoms with Crippen LogP contribution in [0.3, 0.4) is 0 Å². The van der Waals surface area contributed by atoms with Crippen molar-refractivity contribution in [2.75, 3.05) is 31.0 Å². The molecule has 1 N–H and O–H groups in total. The predicted molar refractivity (Wildman–Crippen MR) is 105 cm³/mol. The second-order valence-corrected chi connectivity index (χ2v) is 6.55. The quantitative estimate of drug-likeness (QED) is 0.838. The van der Waals surface area contributed by atoms with Gasteiger partial charge in [-0.1, -0.05) is 6.92 Å². The number of anilines is 2. The monoisotopic (exact) mass is 370 g/mol.